The molecule has 0 spiro atoms. The highest BCUT2D eigenvalue weighted by atomic mass is 16.4. The smallest absolute Gasteiger partial charge is 0.328 e. The molecule has 1 N–H and O–H groups in total. The van der Waals surface area contributed by atoms with E-state index in [2.05, 4.69) is 32.9 Å². The zero-order chi connectivity index (χ0) is 13.1. The van der Waals surface area contributed by atoms with Crippen molar-refractivity contribution < 1.29 is 9.90 Å². The molecule has 0 aromatic carbocycles. The molecule has 0 radical (unpaired) electrons. The van der Waals surface area contributed by atoms with Gasteiger partial charge in [-0.1, -0.05) is 37.6 Å². The normalized spacial score (nSPS) is 24.8. The number of carboxylic acids is 1. The Morgan fingerprint density at radius 1 is 1.53 bits per heavy atom. The summed E-state index contributed by atoms with van der Waals surface area (Å²) >= 11 is 0. The van der Waals surface area contributed by atoms with E-state index in [1.165, 1.54) is 11.6 Å². The van der Waals surface area contributed by atoms with Gasteiger partial charge in [0.2, 0.25) is 0 Å². The summed E-state index contributed by atoms with van der Waals surface area (Å²) in [5.41, 5.74) is 2.42. The third-order valence-corrected chi connectivity index (χ3v) is 3.37. The van der Waals surface area contributed by atoms with Gasteiger partial charge in [0.15, 0.2) is 0 Å². The maximum absolute atomic E-state index is 10.5. The largest absolute Gasteiger partial charge is 0.478 e. The van der Waals surface area contributed by atoms with E-state index in [0.29, 0.717) is 5.92 Å². The summed E-state index contributed by atoms with van der Waals surface area (Å²) < 4.78 is 0. The second-order valence-electron chi connectivity index (χ2n) is 5.54. The number of rotatable bonds is 3. The molecular formula is C15H22O2. The van der Waals surface area contributed by atoms with E-state index in [1.807, 2.05) is 13.0 Å². The quantitative estimate of drug-likeness (QED) is 0.456. The lowest BCUT2D eigenvalue weighted by Gasteiger charge is -2.34. The van der Waals surface area contributed by atoms with E-state index in [-0.39, 0.29) is 5.41 Å². The van der Waals surface area contributed by atoms with Gasteiger partial charge in [0.25, 0.3) is 0 Å². The van der Waals surface area contributed by atoms with Crippen molar-refractivity contribution in [2.45, 2.75) is 40.5 Å². The van der Waals surface area contributed by atoms with E-state index in [0.717, 1.165) is 18.4 Å². The topological polar surface area (TPSA) is 37.3 Å². The van der Waals surface area contributed by atoms with Crippen molar-refractivity contribution in [1.82, 2.24) is 0 Å². The second-order valence-corrected chi connectivity index (χ2v) is 5.54. The minimum Gasteiger partial charge on any atom is -0.478 e. The molecule has 0 fully saturated rings. The van der Waals surface area contributed by atoms with Crippen LogP contribution in [0, 0.1) is 11.3 Å². The van der Waals surface area contributed by atoms with E-state index in [1.54, 1.807) is 0 Å². The molecule has 0 amide bonds. The second kappa shape index (κ2) is 5.35. The summed E-state index contributed by atoms with van der Waals surface area (Å²) in [4.78, 5) is 10.5. The molecule has 2 heteroatoms. The first-order valence-electron chi connectivity index (χ1n) is 6.09. The number of hydrogen-bond donors (Lipinski definition) is 1. The van der Waals surface area contributed by atoms with Crippen molar-refractivity contribution in [3.8, 4) is 0 Å². The van der Waals surface area contributed by atoms with Gasteiger partial charge < -0.3 is 5.11 Å². The summed E-state index contributed by atoms with van der Waals surface area (Å²) in [7, 11) is 0. The van der Waals surface area contributed by atoms with Crippen LogP contribution >= 0.6 is 0 Å². The van der Waals surface area contributed by atoms with Gasteiger partial charge in [0.1, 0.15) is 0 Å². The van der Waals surface area contributed by atoms with Gasteiger partial charge in [-0.2, -0.15) is 0 Å². The van der Waals surface area contributed by atoms with Crippen molar-refractivity contribution >= 4 is 5.97 Å². The van der Waals surface area contributed by atoms with E-state index in [4.69, 9.17) is 5.11 Å². The Morgan fingerprint density at radius 2 is 2.18 bits per heavy atom. The molecule has 94 valence electrons. The number of aliphatic carboxylic acids is 1. The molecule has 0 saturated carbocycles. The van der Waals surface area contributed by atoms with Crippen LogP contribution in [0.2, 0.25) is 0 Å². The van der Waals surface area contributed by atoms with E-state index in [9.17, 15) is 4.79 Å². The average molecular weight is 234 g/mol. The summed E-state index contributed by atoms with van der Waals surface area (Å²) in [5, 5.41) is 8.64. The standard InChI is InChI=1S/C15H22O2/c1-11(9-14(16)17)5-7-13-8-6-12(2)10-15(13,3)4/h5,7,9-10,13H,6,8H2,1-4H3,(H,16,17). The number of carbonyl (C=O) groups is 1. The zero-order valence-electron chi connectivity index (χ0n) is 11.2. The molecule has 1 aliphatic rings. The van der Waals surface area contributed by atoms with Gasteiger partial charge in [-0.05, 0) is 43.6 Å². The summed E-state index contributed by atoms with van der Waals surface area (Å²) in [6, 6.07) is 0. The number of allylic oxidation sites excluding steroid dienone is 5. The maximum atomic E-state index is 10.5. The first kappa shape index (κ1) is 13.8. The molecule has 1 rings (SSSR count). The highest BCUT2D eigenvalue weighted by molar-refractivity contribution is 5.81. The van der Waals surface area contributed by atoms with Crippen LogP contribution in [-0.2, 0) is 4.79 Å². The van der Waals surface area contributed by atoms with Crippen molar-refractivity contribution in [2.75, 3.05) is 0 Å². The van der Waals surface area contributed by atoms with Crippen LogP contribution in [0.15, 0.2) is 35.5 Å². The van der Waals surface area contributed by atoms with E-state index < -0.39 is 5.97 Å². The zero-order valence-corrected chi connectivity index (χ0v) is 11.2. The molecule has 0 saturated heterocycles. The Labute approximate surface area is 104 Å². The van der Waals surface area contributed by atoms with Crippen LogP contribution in [0.5, 0.6) is 0 Å². The highest BCUT2D eigenvalue weighted by Gasteiger charge is 2.28. The first-order valence-corrected chi connectivity index (χ1v) is 6.09. The molecule has 1 atom stereocenters. The average Bonchev–Trinajstić information content (AvgIpc) is 2.13. The fourth-order valence-corrected chi connectivity index (χ4v) is 2.42. The van der Waals surface area contributed by atoms with Gasteiger partial charge in [0.05, 0.1) is 0 Å². The molecule has 0 aliphatic heterocycles. The Morgan fingerprint density at radius 3 is 2.71 bits per heavy atom. The summed E-state index contributed by atoms with van der Waals surface area (Å²) in [5.74, 6) is -0.394. The predicted octanol–water partition coefficient (Wildman–Crippen LogP) is 3.96. The molecule has 0 heterocycles. The van der Waals surface area contributed by atoms with Crippen LogP contribution in [0.3, 0.4) is 0 Å². The third kappa shape index (κ3) is 4.22. The van der Waals surface area contributed by atoms with E-state index >= 15 is 0 Å². The van der Waals surface area contributed by atoms with Crippen LogP contribution in [0.4, 0.5) is 0 Å². The SMILES string of the molecule is CC(C=CC1CCC(C)=CC1(C)C)=CC(=O)O. The summed E-state index contributed by atoms with van der Waals surface area (Å²) in [6.45, 7) is 8.47. The Kier molecular flexibility index (Phi) is 4.33. The van der Waals surface area contributed by atoms with Crippen LogP contribution in [0.25, 0.3) is 0 Å². The van der Waals surface area contributed by atoms with Gasteiger partial charge in [-0.15, -0.1) is 0 Å². The Balaban J connectivity index is 2.76. The lowest BCUT2D eigenvalue weighted by Crippen LogP contribution is -2.23. The number of hydrogen-bond acceptors (Lipinski definition) is 1. The van der Waals surface area contributed by atoms with Gasteiger partial charge in [0, 0.05) is 6.08 Å². The van der Waals surface area contributed by atoms with Crippen molar-refractivity contribution in [1.29, 1.82) is 0 Å². The molecule has 0 aromatic rings. The van der Waals surface area contributed by atoms with Gasteiger partial charge >= 0.3 is 5.97 Å². The molecular weight excluding hydrogens is 212 g/mol. The third-order valence-electron chi connectivity index (χ3n) is 3.37. The lowest BCUT2D eigenvalue weighted by molar-refractivity contribution is -0.131. The molecule has 0 aromatic heterocycles. The maximum Gasteiger partial charge on any atom is 0.328 e. The Hall–Kier alpha value is -1.31. The Bertz CT molecular complexity index is 384. The highest BCUT2D eigenvalue weighted by Crippen LogP contribution is 2.39. The molecule has 0 bridgehead atoms. The van der Waals surface area contributed by atoms with Crippen LogP contribution < -0.4 is 0 Å². The van der Waals surface area contributed by atoms with Crippen LogP contribution in [0.1, 0.15) is 40.5 Å². The fourth-order valence-electron chi connectivity index (χ4n) is 2.42. The predicted molar refractivity (Wildman–Crippen MR) is 70.8 cm³/mol. The van der Waals surface area contributed by atoms with Gasteiger partial charge in [-0.3, -0.25) is 0 Å². The fraction of sp³-hybridized carbons (Fsp3) is 0.533. The van der Waals surface area contributed by atoms with Crippen LogP contribution in [-0.4, -0.2) is 11.1 Å². The molecule has 1 unspecified atom stereocenters. The minimum atomic E-state index is -0.884. The molecule has 1 aliphatic carbocycles. The van der Waals surface area contributed by atoms with Crippen molar-refractivity contribution in [3.05, 3.63) is 35.5 Å². The summed E-state index contributed by atoms with van der Waals surface area (Å²) in [6.07, 6.45) is 9.94. The minimum absolute atomic E-state index is 0.169. The molecule has 17 heavy (non-hydrogen) atoms. The monoisotopic (exact) mass is 234 g/mol. The van der Waals surface area contributed by atoms with Crippen molar-refractivity contribution in [2.24, 2.45) is 11.3 Å². The lowest BCUT2D eigenvalue weighted by atomic mass is 9.71. The molecule has 2 nitrogen and oxygen atoms in total. The first-order chi connectivity index (χ1) is 7.81. The van der Waals surface area contributed by atoms with Crippen molar-refractivity contribution in [3.63, 3.8) is 0 Å². The van der Waals surface area contributed by atoms with Gasteiger partial charge in [-0.25, -0.2) is 4.79 Å². The number of carboxylic acid groups (broad SMARTS) is 1.